The first-order valence-corrected chi connectivity index (χ1v) is 7.61. The Kier molecular flexibility index (Phi) is 5.00. The maximum Gasteiger partial charge on any atom is 0.293 e. The number of hydrogen-bond donors (Lipinski definition) is 1. The summed E-state index contributed by atoms with van der Waals surface area (Å²) in [7, 11) is 2.15. The van der Waals surface area contributed by atoms with Crippen molar-refractivity contribution in [1.29, 1.82) is 0 Å². The van der Waals surface area contributed by atoms with Gasteiger partial charge in [-0.25, -0.2) is 4.98 Å². The van der Waals surface area contributed by atoms with Crippen molar-refractivity contribution < 1.29 is 0 Å². The zero-order valence-corrected chi connectivity index (χ0v) is 13.6. The van der Waals surface area contributed by atoms with Gasteiger partial charge in [0.05, 0.1) is 0 Å². The van der Waals surface area contributed by atoms with Gasteiger partial charge in [0.15, 0.2) is 5.82 Å². The van der Waals surface area contributed by atoms with E-state index in [0.29, 0.717) is 5.82 Å². The Hall–Kier alpha value is -1.40. The van der Waals surface area contributed by atoms with Crippen molar-refractivity contribution in [2.45, 2.75) is 26.3 Å². The van der Waals surface area contributed by atoms with Gasteiger partial charge in [-0.3, -0.25) is 9.69 Å². The van der Waals surface area contributed by atoms with E-state index >= 15 is 0 Å². The van der Waals surface area contributed by atoms with Crippen molar-refractivity contribution in [3.8, 4) is 0 Å². The summed E-state index contributed by atoms with van der Waals surface area (Å²) < 4.78 is 1.72. The second kappa shape index (κ2) is 6.58. The van der Waals surface area contributed by atoms with Crippen LogP contribution in [-0.4, -0.2) is 65.7 Å². The summed E-state index contributed by atoms with van der Waals surface area (Å²) in [6.45, 7) is 12.1. The van der Waals surface area contributed by atoms with E-state index in [4.69, 9.17) is 0 Å². The fourth-order valence-electron chi connectivity index (χ4n) is 2.46. The van der Waals surface area contributed by atoms with Gasteiger partial charge in [0.2, 0.25) is 0 Å². The van der Waals surface area contributed by atoms with Gasteiger partial charge >= 0.3 is 0 Å². The fourth-order valence-corrected chi connectivity index (χ4v) is 2.46. The molecule has 1 aliphatic rings. The van der Waals surface area contributed by atoms with Crippen LogP contribution in [0.4, 0.5) is 5.82 Å². The molecule has 0 bridgehead atoms. The van der Waals surface area contributed by atoms with Crippen LogP contribution in [0.1, 0.15) is 20.8 Å². The zero-order chi connectivity index (χ0) is 15.5. The molecule has 2 rings (SSSR count). The quantitative estimate of drug-likeness (QED) is 0.884. The van der Waals surface area contributed by atoms with Crippen LogP contribution in [0, 0.1) is 0 Å². The Morgan fingerprint density at radius 1 is 1.24 bits per heavy atom. The van der Waals surface area contributed by atoms with Crippen molar-refractivity contribution in [3.63, 3.8) is 0 Å². The SMILES string of the molecule is CN1CCN(CCNc2nccn(C(C)(C)C)c2=O)CC1. The Balaban J connectivity index is 1.91. The van der Waals surface area contributed by atoms with Crippen LogP contribution in [0.15, 0.2) is 17.2 Å². The van der Waals surface area contributed by atoms with Crippen LogP contribution in [0.25, 0.3) is 0 Å². The lowest BCUT2D eigenvalue weighted by Crippen LogP contribution is -2.46. The van der Waals surface area contributed by atoms with Crippen LogP contribution in [-0.2, 0) is 5.54 Å². The molecule has 0 aliphatic carbocycles. The van der Waals surface area contributed by atoms with Gasteiger partial charge < -0.3 is 14.8 Å². The lowest BCUT2D eigenvalue weighted by Gasteiger charge is -2.32. The molecule has 0 saturated carbocycles. The monoisotopic (exact) mass is 293 g/mol. The van der Waals surface area contributed by atoms with Crippen LogP contribution in [0.3, 0.4) is 0 Å². The molecule has 0 aromatic carbocycles. The largest absolute Gasteiger partial charge is 0.364 e. The molecular formula is C15H27N5O. The first-order valence-electron chi connectivity index (χ1n) is 7.61. The average Bonchev–Trinajstić information content (AvgIpc) is 2.41. The van der Waals surface area contributed by atoms with Crippen molar-refractivity contribution in [2.75, 3.05) is 51.6 Å². The molecule has 1 saturated heterocycles. The molecule has 0 unspecified atom stereocenters. The molecule has 6 nitrogen and oxygen atoms in total. The highest BCUT2D eigenvalue weighted by Gasteiger charge is 2.17. The number of anilines is 1. The summed E-state index contributed by atoms with van der Waals surface area (Å²) in [4.78, 5) is 21.3. The highest BCUT2D eigenvalue weighted by molar-refractivity contribution is 5.31. The minimum Gasteiger partial charge on any atom is -0.364 e. The number of aromatic nitrogens is 2. The maximum atomic E-state index is 12.4. The highest BCUT2D eigenvalue weighted by atomic mass is 16.1. The van der Waals surface area contributed by atoms with Gasteiger partial charge in [0, 0.05) is 57.2 Å². The van der Waals surface area contributed by atoms with Crippen molar-refractivity contribution in [1.82, 2.24) is 19.4 Å². The molecule has 0 atom stereocenters. The predicted octanol–water partition coefficient (Wildman–Crippen LogP) is 0.658. The molecule has 21 heavy (non-hydrogen) atoms. The van der Waals surface area contributed by atoms with Gasteiger partial charge in [-0.1, -0.05) is 0 Å². The van der Waals surface area contributed by atoms with E-state index in [2.05, 4.69) is 27.1 Å². The second-order valence-corrected chi connectivity index (χ2v) is 6.69. The van der Waals surface area contributed by atoms with Crippen molar-refractivity contribution >= 4 is 5.82 Å². The first-order chi connectivity index (χ1) is 9.88. The third kappa shape index (κ3) is 4.28. The van der Waals surface area contributed by atoms with E-state index in [1.165, 1.54) is 0 Å². The molecule has 0 spiro atoms. The summed E-state index contributed by atoms with van der Waals surface area (Å²) in [5.74, 6) is 0.446. The molecule has 1 aromatic heterocycles. The first kappa shape index (κ1) is 16.0. The van der Waals surface area contributed by atoms with Crippen molar-refractivity contribution in [2.24, 2.45) is 0 Å². The van der Waals surface area contributed by atoms with Gasteiger partial charge in [0.25, 0.3) is 5.56 Å². The fraction of sp³-hybridized carbons (Fsp3) is 0.733. The summed E-state index contributed by atoms with van der Waals surface area (Å²) in [5.41, 5.74) is -0.281. The third-order valence-electron chi connectivity index (χ3n) is 3.88. The van der Waals surface area contributed by atoms with E-state index in [9.17, 15) is 4.79 Å². The normalized spacial score (nSPS) is 17.9. The number of rotatable bonds is 4. The highest BCUT2D eigenvalue weighted by Crippen LogP contribution is 2.10. The molecule has 1 N–H and O–H groups in total. The van der Waals surface area contributed by atoms with Crippen LogP contribution < -0.4 is 10.9 Å². The third-order valence-corrected chi connectivity index (χ3v) is 3.88. The minimum absolute atomic E-state index is 0.0524. The topological polar surface area (TPSA) is 53.4 Å². The summed E-state index contributed by atoms with van der Waals surface area (Å²) in [5, 5.41) is 3.18. The van der Waals surface area contributed by atoms with E-state index in [1.54, 1.807) is 17.0 Å². The Morgan fingerprint density at radius 3 is 2.52 bits per heavy atom. The molecular weight excluding hydrogens is 266 g/mol. The van der Waals surface area contributed by atoms with Crippen LogP contribution >= 0.6 is 0 Å². The van der Waals surface area contributed by atoms with Crippen LogP contribution in [0.5, 0.6) is 0 Å². The molecule has 6 heteroatoms. The molecule has 1 aromatic rings. The van der Waals surface area contributed by atoms with Crippen LogP contribution in [0.2, 0.25) is 0 Å². The minimum atomic E-state index is -0.228. The number of nitrogens with one attached hydrogen (secondary N) is 1. The maximum absolute atomic E-state index is 12.4. The van der Waals surface area contributed by atoms with Gasteiger partial charge in [-0.2, -0.15) is 0 Å². The van der Waals surface area contributed by atoms with E-state index in [0.717, 1.165) is 39.3 Å². The van der Waals surface area contributed by atoms with E-state index in [-0.39, 0.29) is 11.1 Å². The Morgan fingerprint density at radius 2 is 1.90 bits per heavy atom. The number of nitrogens with zero attached hydrogens (tertiary/aromatic N) is 4. The van der Waals surface area contributed by atoms with Gasteiger partial charge in [-0.05, 0) is 27.8 Å². The predicted molar refractivity (Wildman–Crippen MR) is 85.9 cm³/mol. The molecule has 1 fully saturated rings. The second-order valence-electron chi connectivity index (χ2n) is 6.69. The number of hydrogen-bond acceptors (Lipinski definition) is 5. The number of piperazine rings is 1. The molecule has 0 amide bonds. The summed E-state index contributed by atoms with van der Waals surface area (Å²) in [6.07, 6.45) is 3.43. The Bertz CT molecular complexity index is 512. The molecule has 0 radical (unpaired) electrons. The Labute approximate surface area is 126 Å². The smallest absolute Gasteiger partial charge is 0.293 e. The van der Waals surface area contributed by atoms with Crippen molar-refractivity contribution in [3.05, 3.63) is 22.7 Å². The van der Waals surface area contributed by atoms with E-state index in [1.807, 2.05) is 20.8 Å². The molecule has 118 valence electrons. The van der Waals surface area contributed by atoms with Gasteiger partial charge in [0.1, 0.15) is 0 Å². The summed E-state index contributed by atoms with van der Waals surface area (Å²) in [6, 6.07) is 0. The average molecular weight is 293 g/mol. The standard InChI is InChI=1S/C15H27N5O/c1-15(2,3)20-8-6-17-13(14(20)21)16-5-7-19-11-9-18(4)10-12-19/h6,8H,5,7,9-12H2,1-4H3,(H,16,17). The van der Waals surface area contributed by atoms with Gasteiger partial charge in [-0.15, -0.1) is 0 Å². The summed E-state index contributed by atoms with van der Waals surface area (Å²) >= 11 is 0. The number of likely N-dealkylation sites (N-methyl/N-ethyl adjacent to an activating group) is 1. The molecule has 2 heterocycles. The van der Waals surface area contributed by atoms with E-state index < -0.39 is 0 Å². The molecule has 1 aliphatic heterocycles. The lowest BCUT2D eigenvalue weighted by molar-refractivity contribution is 0.158. The lowest BCUT2D eigenvalue weighted by atomic mass is 10.1. The zero-order valence-electron chi connectivity index (χ0n) is 13.6.